The maximum Gasteiger partial charge on any atom is 0.227 e. The van der Waals surface area contributed by atoms with Crippen LogP contribution in [0, 0.1) is 0 Å². The molecular weight excluding hydrogens is 404 g/mol. The van der Waals surface area contributed by atoms with Gasteiger partial charge in [-0.2, -0.15) is 0 Å². The molecule has 0 bridgehead atoms. The van der Waals surface area contributed by atoms with E-state index in [0.717, 1.165) is 50.4 Å². The summed E-state index contributed by atoms with van der Waals surface area (Å²) in [7, 11) is 0. The summed E-state index contributed by atoms with van der Waals surface area (Å²) in [4.78, 5) is 12.7. The maximum absolute atomic E-state index is 6.56. The van der Waals surface area contributed by atoms with Gasteiger partial charge in [0.2, 0.25) is 5.95 Å². The number of hydrogen-bond donors (Lipinski definition) is 2. The predicted molar refractivity (Wildman–Crippen MR) is 126 cm³/mol. The summed E-state index contributed by atoms with van der Waals surface area (Å²) in [6, 6.07) is 24.8. The van der Waals surface area contributed by atoms with Gasteiger partial charge in [0.15, 0.2) is 0 Å². The highest BCUT2D eigenvalue weighted by Crippen LogP contribution is 2.43. The van der Waals surface area contributed by atoms with Crippen molar-refractivity contribution < 1.29 is 0 Å². The van der Waals surface area contributed by atoms with Gasteiger partial charge in [0, 0.05) is 45.5 Å². The van der Waals surface area contributed by atoms with E-state index in [9.17, 15) is 0 Å². The molecule has 0 fully saturated rings. The van der Waals surface area contributed by atoms with Gasteiger partial charge in [-0.3, -0.25) is 0 Å². The van der Waals surface area contributed by atoms with Crippen LogP contribution in [-0.4, -0.2) is 15.0 Å². The molecule has 2 aromatic heterocycles. The third-order valence-electron chi connectivity index (χ3n) is 5.97. The van der Waals surface area contributed by atoms with E-state index in [1.54, 1.807) is 0 Å². The SMILES string of the molecule is Clc1ccccc1C1Cc2cnc(Nc3ccc4[nH]ccc4c3)nc2-c2ccccc21. The molecule has 1 aliphatic carbocycles. The van der Waals surface area contributed by atoms with E-state index in [1.807, 2.05) is 36.7 Å². The van der Waals surface area contributed by atoms with Crippen LogP contribution in [0.1, 0.15) is 22.6 Å². The Kier molecular flexibility index (Phi) is 4.25. The third kappa shape index (κ3) is 3.16. The van der Waals surface area contributed by atoms with E-state index >= 15 is 0 Å². The van der Waals surface area contributed by atoms with Gasteiger partial charge in [0.05, 0.1) is 5.69 Å². The number of anilines is 2. The standard InChI is InChI=1S/C26H19ClN4/c27-23-8-4-3-6-20(23)22-14-17-15-29-26(31-25(17)21-7-2-1-5-19(21)22)30-18-9-10-24-16(13-18)11-12-28-24/h1-13,15,22,28H,14H2,(H,29,30,31). The Morgan fingerprint density at radius 3 is 2.68 bits per heavy atom. The Labute approximate surface area is 185 Å². The topological polar surface area (TPSA) is 53.6 Å². The fourth-order valence-electron chi connectivity index (χ4n) is 4.49. The molecule has 0 saturated heterocycles. The third-order valence-corrected chi connectivity index (χ3v) is 6.31. The van der Waals surface area contributed by atoms with Crippen molar-refractivity contribution in [1.82, 2.24) is 15.0 Å². The van der Waals surface area contributed by atoms with Gasteiger partial charge in [-0.05, 0) is 53.4 Å². The zero-order valence-corrected chi connectivity index (χ0v) is 17.4. The predicted octanol–water partition coefficient (Wildman–Crippen LogP) is 6.71. The highest BCUT2D eigenvalue weighted by Gasteiger charge is 2.28. The van der Waals surface area contributed by atoms with Gasteiger partial charge >= 0.3 is 0 Å². The Bertz CT molecular complexity index is 1420. The van der Waals surface area contributed by atoms with Crippen molar-refractivity contribution in [2.24, 2.45) is 0 Å². The summed E-state index contributed by atoms with van der Waals surface area (Å²) in [5.74, 6) is 0.787. The van der Waals surface area contributed by atoms with Crippen LogP contribution in [0.3, 0.4) is 0 Å². The molecule has 5 heteroatoms. The number of aromatic amines is 1. The first-order chi connectivity index (χ1) is 15.3. The molecule has 31 heavy (non-hydrogen) atoms. The number of rotatable bonds is 3. The smallest absolute Gasteiger partial charge is 0.227 e. The van der Waals surface area contributed by atoms with Gasteiger partial charge < -0.3 is 10.3 Å². The summed E-state index contributed by atoms with van der Waals surface area (Å²) in [5.41, 5.74) is 7.72. The minimum Gasteiger partial charge on any atom is -0.361 e. The van der Waals surface area contributed by atoms with Crippen LogP contribution in [0.15, 0.2) is 85.2 Å². The number of H-pyrrole nitrogens is 1. The first kappa shape index (κ1) is 18.2. The van der Waals surface area contributed by atoms with E-state index in [1.165, 1.54) is 5.56 Å². The van der Waals surface area contributed by atoms with Crippen molar-refractivity contribution in [3.8, 4) is 11.3 Å². The Morgan fingerprint density at radius 1 is 0.935 bits per heavy atom. The molecule has 1 atom stereocenters. The zero-order chi connectivity index (χ0) is 20.8. The van der Waals surface area contributed by atoms with E-state index < -0.39 is 0 Å². The molecule has 4 nitrogen and oxygen atoms in total. The van der Waals surface area contributed by atoms with Crippen molar-refractivity contribution >= 4 is 34.1 Å². The number of nitrogens with one attached hydrogen (secondary N) is 2. The van der Waals surface area contributed by atoms with Crippen molar-refractivity contribution in [2.45, 2.75) is 12.3 Å². The lowest BCUT2D eigenvalue weighted by Gasteiger charge is -2.28. The number of nitrogens with zero attached hydrogens (tertiary/aromatic N) is 2. The second-order valence-corrected chi connectivity index (χ2v) is 8.24. The molecule has 3 aromatic carbocycles. The van der Waals surface area contributed by atoms with Crippen molar-refractivity contribution in [3.63, 3.8) is 0 Å². The van der Waals surface area contributed by atoms with E-state index in [-0.39, 0.29) is 5.92 Å². The molecule has 0 saturated carbocycles. The van der Waals surface area contributed by atoms with Crippen LogP contribution < -0.4 is 5.32 Å². The molecular formula is C26H19ClN4. The summed E-state index contributed by atoms with van der Waals surface area (Å²) < 4.78 is 0. The first-order valence-electron chi connectivity index (χ1n) is 10.3. The molecule has 1 aliphatic rings. The normalized spacial score (nSPS) is 14.8. The number of halogens is 1. The monoisotopic (exact) mass is 422 g/mol. The molecule has 150 valence electrons. The van der Waals surface area contributed by atoms with Gasteiger partial charge in [0.1, 0.15) is 0 Å². The second kappa shape index (κ2) is 7.25. The Hall–Kier alpha value is -3.63. The number of fused-ring (bicyclic) bond motifs is 4. The Morgan fingerprint density at radius 2 is 1.77 bits per heavy atom. The van der Waals surface area contributed by atoms with E-state index in [2.05, 4.69) is 63.8 Å². The molecule has 5 aromatic rings. The largest absolute Gasteiger partial charge is 0.361 e. The van der Waals surface area contributed by atoms with Crippen LogP contribution in [0.5, 0.6) is 0 Å². The van der Waals surface area contributed by atoms with E-state index in [4.69, 9.17) is 16.6 Å². The maximum atomic E-state index is 6.56. The number of hydrogen-bond acceptors (Lipinski definition) is 3. The lowest BCUT2D eigenvalue weighted by atomic mass is 9.78. The van der Waals surface area contributed by atoms with Crippen LogP contribution in [0.4, 0.5) is 11.6 Å². The van der Waals surface area contributed by atoms with Crippen molar-refractivity contribution in [1.29, 1.82) is 0 Å². The average Bonchev–Trinajstić information content (AvgIpc) is 3.27. The van der Waals surface area contributed by atoms with Crippen molar-refractivity contribution in [3.05, 3.63) is 107 Å². The van der Waals surface area contributed by atoms with Gasteiger partial charge in [-0.25, -0.2) is 9.97 Å². The summed E-state index contributed by atoms with van der Waals surface area (Å²) in [5, 5.41) is 5.31. The summed E-state index contributed by atoms with van der Waals surface area (Å²) >= 11 is 6.56. The molecule has 2 N–H and O–H groups in total. The minimum atomic E-state index is 0.191. The van der Waals surface area contributed by atoms with Crippen LogP contribution in [0.2, 0.25) is 5.02 Å². The molecule has 0 radical (unpaired) electrons. The molecule has 1 unspecified atom stereocenters. The van der Waals surface area contributed by atoms with E-state index in [0.29, 0.717) is 5.95 Å². The van der Waals surface area contributed by atoms with Crippen LogP contribution >= 0.6 is 11.6 Å². The molecule has 2 heterocycles. The molecule has 0 amide bonds. The van der Waals surface area contributed by atoms with Crippen molar-refractivity contribution in [2.75, 3.05) is 5.32 Å². The minimum absolute atomic E-state index is 0.191. The fourth-order valence-corrected chi connectivity index (χ4v) is 4.76. The van der Waals surface area contributed by atoms with Gasteiger partial charge in [-0.15, -0.1) is 0 Å². The summed E-state index contributed by atoms with van der Waals surface area (Å²) in [6.07, 6.45) is 4.71. The van der Waals surface area contributed by atoms with Crippen LogP contribution in [0.25, 0.3) is 22.2 Å². The molecule has 0 spiro atoms. The number of aromatic nitrogens is 3. The first-order valence-corrected chi connectivity index (χ1v) is 10.7. The number of benzene rings is 3. The Balaban J connectivity index is 1.40. The van der Waals surface area contributed by atoms with Gasteiger partial charge in [0.25, 0.3) is 0 Å². The zero-order valence-electron chi connectivity index (χ0n) is 16.6. The fraction of sp³-hybridized carbons (Fsp3) is 0.0769. The molecule has 6 rings (SSSR count). The molecule has 0 aliphatic heterocycles. The lowest BCUT2D eigenvalue weighted by Crippen LogP contribution is -2.15. The quantitative estimate of drug-likeness (QED) is 0.339. The lowest BCUT2D eigenvalue weighted by molar-refractivity contribution is 0.782. The second-order valence-electron chi connectivity index (χ2n) is 7.84. The van der Waals surface area contributed by atoms with Crippen LogP contribution in [-0.2, 0) is 6.42 Å². The highest BCUT2D eigenvalue weighted by molar-refractivity contribution is 6.31. The average molecular weight is 423 g/mol. The summed E-state index contributed by atoms with van der Waals surface area (Å²) in [6.45, 7) is 0. The highest BCUT2D eigenvalue weighted by atomic mass is 35.5. The van der Waals surface area contributed by atoms with Gasteiger partial charge in [-0.1, -0.05) is 54.1 Å².